The average Bonchev–Trinajstić information content (AvgIpc) is 3.09. The number of ether oxygens (including phenoxy) is 1. The van der Waals surface area contributed by atoms with Crippen LogP contribution in [0.5, 0.6) is 5.75 Å². The summed E-state index contributed by atoms with van der Waals surface area (Å²) < 4.78 is 43.1. The minimum Gasteiger partial charge on any atom is -0.496 e. The summed E-state index contributed by atoms with van der Waals surface area (Å²) in [5.74, 6) is 1.35. The number of nitrogens with zero attached hydrogens (tertiary/aromatic N) is 2. The van der Waals surface area contributed by atoms with Gasteiger partial charge in [0.15, 0.2) is 11.7 Å². The Kier molecular flexibility index (Phi) is 7.26. The van der Waals surface area contributed by atoms with Crippen molar-refractivity contribution in [3.8, 4) is 5.75 Å². The van der Waals surface area contributed by atoms with Crippen LogP contribution in [0.1, 0.15) is 23.2 Å². The Morgan fingerprint density at radius 2 is 2.04 bits per heavy atom. The molecule has 0 saturated carbocycles. The van der Waals surface area contributed by atoms with E-state index < -0.39 is 11.9 Å². The van der Waals surface area contributed by atoms with Crippen molar-refractivity contribution in [3.05, 3.63) is 45.9 Å². The molecule has 5 nitrogen and oxygen atoms in total. The quantitative estimate of drug-likeness (QED) is 0.565. The summed E-state index contributed by atoms with van der Waals surface area (Å²) in [4.78, 5) is 7.88. The number of alkyl halides is 3. The first-order chi connectivity index (χ1) is 12.4. The number of aromatic nitrogens is 1. The summed E-state index contributed by atoms with van der Waals surface area (Å²) >= 11 is 0.952. The molecule has 0 amide bonds. The number of thiazole rings is 1. The van der Waals surface area contributed by atoms with Crippen molar-refractivity contribution in [2.75, 3.05) is 20.2 Å². The lowest BCUT2D eigenvalue weighted by Crippen LogP contribution is -2.38. The van der Waals surface area contributed by atoms with Gasteiger partial charge < -0.3 is 15.4 Å². The summed E-state index contributed by atoms with van der Waals surface area (Å²) in [6.45, 7) is 3.26. The van der Waals surface area contributed by atoms with Crippen molar-refractivity contribution < 1.29 is 17.9 Å². The highest BCUT2D eigenvalue weighted by Gasteiger charge is 2.33. The number of methoxy groups -OCH3 is 1. The minimum absolute atomic E-state index is 0.0880. The molecule has 26 heavy (non-hydrogen) atoms. The van der Waals surface area contributed by atoms with Crippen LogP contribution in [0.2, 0.25) is 0 Å². The number of nitrogens with one attached hydrogen (secondary N) is 2. The average molecular weight is 386 g/mol. The van der Waals surface area contributed by atoms with Gasteiger partial charge in [0.05, 0.1) is 13.7 Å². The van der Waals surface area contributed by atoms with Gasteiger partial charge in [-0.25, -0.2) is 9.98 Å². The van der Waals surface area contributed by atoms with Crippen LogP contribution in [-0.4, -0.2) is 31.1 Å². The van der Waals surface area contributed by atoms with Gasteiger partial charge >= 0.3 is 6.18 Å². The van der Waals surface area contributed by atoms with Crippen molar-refractivity contribution >= 4 is 17.3 Å². The number of para-hydroxylation sites is 1. The number of aliphatic imine (C=N–C) groups is 1. The Balaban J connectivity index is 1.93. The maximum atomic E-state index is 12.6. The number of hydrogen-bond acceptors (Lipinski definition) is 4. The fourth-order valence-corrected chi connectivity index (χ4v) is 2.95. The first kappa shape index (κ1) is 20.0. The van der Waals surface area contributed by atoms with Gasteiger partial charge in [-0.2, -0.15) is 13.2 Å². The van der Waals surface area contributed by atoms with Crippen LogP contribution in [0, 0.1) is 0 Å². The molecule has 0 unspecified atom stereocenters. The molecule has 0 aliphatic heterocycles. The summed E-state index contributed by atoms with van der Waals surface area (Å²) in [6.07, 6.45) is -3.69. The van der Waals surface area contributed by atoms with Gasteiger partial charge in [0.25, 0.3) is 0 Å². The number of rotatable bonds is 7. The first-order valence-corrected chi connectivity index (χ1v) is 8.97. The smallest absolute Gasteiger partial charge is 0.434 e. The molecule has 2 N–H and O–H groups in total. The Bertz CT molecular complexity index is 731. The topological polar surface area (TPSA) is 58.5 Å². The minimum atomic E-state index is -4.42. The van der Waals surface area contributed by atoms with Gasteiger partial charge in [0.1, 0.15) is 10.8 Å². The number of guanidine groups is 1. The molecule has 1 aromatic heterocycles. The van der Waals surface area contributed by atoms with Gasteiger partial charge in [-0.1, -0.05) is 18.2 Å². The van der Waals surface area contributed by atoms with Crippen LogP contribution in [0.4, 0.5) is 13.2 Å². The normalized spacial score (nSPS) is 12.1. The van der Waals surface area contributed by atoms with E-state index in [4.69, 9.17) is 4.74 Å². The summed E-state index contributed by atoms with van der Waals surface area (Å²) in [6, 6.07) is 7.73. The van der Waals surface area contributed by atoms with Crippen LogP contribution >= 0.6 is 11.3 Å². The molecular weight excluding hydrogens is 365 g/mol. The predicted octanol–water partition coefficient (Wildman–Crippen LogP) is 3.47. The Labute approximate surface area is 154 Å². The van der Waals surface area contributed by atoms with E-state index in [0.717, 1.165) is 34.5 Å². The van der Waals surface area contributed by atoms with Crippen LogP contribution in [-0.2, 0) is 19.1 Å². The Morgan fingerprint density at radius 3 is 2.69 bits per heavy atom. The molecule has 2 aromatic rings. The van der Waals surface area contributed by atoms with Gasteiger partial charge in [-0.05, 0) is 25.0 Å². The van der Waals surface area contributed by atoms with E-state index in [-0.39, 0.29) is 6.54 Å². The molecule has 2 rings (SSSR count). The van der Waals surface area contributed by atoms with Crippen LogP contribution in [0.15, 0.2) is 34.6 Å². The molecule has 0 aliphatic carbocycles. The summed E-state index contributed by atoms with van der Waals surface area (Å²) in [5.41, 5.74) is 0.190. The zero-order chi connectivity index (χ0) is 19.0. The van der Waals surface area contributed by atoms with Gasteiger partial charge in [0.2, 0.25) is 0 Å². The molecule has 0 spiro atoms. The lowest BCUT2D eigenvalue weighted by Gasteiger charge is -2.12. The lowest BCUT2D eigenvalue weighted by atomic mass is 10.1. The molecule has 0 aliphatic rings. The Hall–Kier alpha value is -2.29. The number of benzene rings is 1. The van der Waals surface area contributed by atoms with E-state index in [1.807, 2.05) is 31.2 Å². The zero-order valence-electron chi connectivity index (χ0n) is 14.6. The molecule has 9 heteroatoms. The van der Waals surface area contributed by atoms with Gasteiger partial charge in [0, 0.05) is 18.5 Å². The highest BCUT2D eigenvalue weighted by Crippen LogP contribution is 2.30. The molecular formula is C17H21F3N4OS. The van der Waals surface area contributed by atoms with Gasteiger partial charge in [-0.3, -0.25) is 0 Å². The number of halogens is 3. The van der Waals surface area contributed by atoms with Crippen LogP contribution < -0.4 is 15.4 Å². The summed E-state index contributed by atoms with van der Waals surface area (Å²) in [5, 5.41) is 7.56. The predicted molar refractivity (Wildman–Crippen MR) is 96.6 cm³/mol. The van der Waals surface area contributed by atoms with E-state index in [1.54, 1.807) is 7.11 Å². The van der Waals surface area contributed by atoms with Crippen molar-refractivity contribution in [1.82, 2.24) is 15.6 Å². The summed E-state index contributed by atoms with van der Waals surface area (Å²) in [7, 11) is 1.63. The highest BCUT2D eigenvalue weighted by molar-refractivity contribution is 7.09. The third kappa shape index (κ3) is 5.91. The molecule has 0 fully saturated rings. The van der Waals surface area contributed by atoms with Crippen LogP contribution in [0.25, 0.3) is 0 Å². The van der Waals surface area contributed by atoms with E-state index in [1.165, 1.54) is 0 Å². The first-order valence-electron chi connectivity index (χ1n) is 8.09. The largest absolute Gasteiger partial charge is 0.496 e. The standard InChI is InChI=1S/C17H21F3N4OS/c1-3-21-16(22-9-8-12-6-4-5-7-13(12)25-2)23-10-15-24-14(11-26-15)17(18,19)20/h4-7,11H,3,8-10H2,1-2H3,(H2,21,22,23). The molecule has 0 bridgehead atoms. The second-order valence-electron chi connectivity index (χ2n) is 5.31. The second-order valence-corrected chi connectivity index (χ2v) is 6.25. The fraction of sp³-hybridized carbons (Fsp3) is 0.412. The van der Waals surface area contributed by atoms with E-state index in [2.05, 4.69) is 20.6 Å². The Morgan fingerprint density at radius 1 is 1.27 bits per heavy atom. The molecule has 1 aromatic carbocycles. The molecule has 0 radical (unpaired) electrons. The third-order valence-electron chi connectivity index (χ3n) is 3.44. The van der Waals surface area contributed by atoms with Crippen molar-refractivity contribution in [2.24, 2.45) is 4.99 Å². The van der Waals surface area contributed by atoms with Crippen molar-refractivity contribution in [2.45, 2.75) is 26.1 Å². The zero-order valence-corrected chi connectivity index (χ0v) is 15.4. The molecule has 0 atom stereocenters. The van der Waals surface area contributed by atoms with E-state index in [0.29, 0.717) is 24.1 Å². The number of hydrogen-bond donors (Lipinski definition) is 2. The molecule has 1 heterocycles. The highest BCUT2D eigenvalue weighted by atomic mass is 32.1. The molecule has 142 valence electrons. The van der Waals surface area contributed by atoms with Crippen molar-refractivity contribution in [1.29, 1.82) is 0 Å². The van der Waals surface area contributed by atoms with Crippen LogP contribution in [0.3, 0.4) is 0 Å². The molecule has 0 saturated heterocycles. The maximum absolute atomic E-state index is 12.6. The SMILES string of the molecule is CCNC(=NCc1nc(C(F)(F)F)cs1)NCCc1ccccc1OC. The van der Waals surface area contributed by atoms with E-state index in [9.17, 15) is 13.2 Å². The second kappa shape index (κ2) is 9.42. The van der Waals surface area contributed by atoms with Crippen molar-refractivity contribution in [3.63, 3.8) is 0 Å². The monoisotopic (exact) mass is 386 g/mol. The maximum Gasteiger partial charge on any atom is 0.434 e. The van der Waals surface area contributed by atoms with Gasteiger partial charge in [-0.15, -0.1) is 11.3 Å². The fourth-order valence-electron chi connectivity index (χ4n) is 2.23. The van der Waals surface area contributed by atoms with E-state index >= 15 is 0 Å². The lowest BCUT2D eigenvalue weighted by molar-refractivity contribution is -0.140. The third-order valence-corrected chi connectivity index (χ3v) is 4.27.